The van der Waals surface area contributed by atoms with Crippen molar-refractivity contribution in [1.82, 2.24) is 15.0 Å². The summed E-state index contributed by atoms with van der Waals surface area (Å²) in [6, 6.07) is 12.4. The molecular formula is C19H16F2N4O2S. The average molecular weight is 402 g/mol. The molecule has 0 radical (unpaired) electrons. The summed E-state index contributed by atoms with van der Waals surface area (Å²) in [6.45, 7) is 0.139. The van der Waals surface area contributed by atoms with Crippen LogP contribution in [0.25, 0.3) is 0 Å². The predicted molar refractivity (Wildman–Crippen MR) is 102 cm³/mol. The maximum atomic E-state index is 13.6. The molecule has 2 amide bonds. The van der Waals surface area contributed by atoms with Gasteiger partial charge in [-0.05, 0) is 23.2 Å². The van der Waals surface area contributed by atoms with E-state index in [9.17, 15) is 18.4 Å². The first kappa shape index (κ1) is 19.4. The summed E-state index contributed by atoms with van der Waals surface area (Å²) >= 11 is 0.774. The Kier molecular flexibility index (Phi) is 5.95. The van der Waals surface area contributed by atoms with E-state index in [1.165, 1.54) is 6.07 Å². The summed E-state index contributed by atoms with van der Waals surface area (Å²) < 4.78 is 30.5. The van der Waals surface area contributed by atoms with Gasteiger partial charge in [0, 0.05) is 24.7 Å². The highest BCUT2D eigenvalue weighted by Gasteiger charge is 2.22. The van der Waals surface area contributed by atoms with Crippen LogP contribution in [0.4, 0.5) is 14.5 Å². The van der Waals surface area contributed by atoms with Gasteiger partial charge < -0.3 is 16.4 Å². The first-order valence-electron chi connectivity index (χ1n) is 8.25. The zero-order chi connectivity index (χ0) is 20.1. The number of rotatable bonds is 6. The second-order valence-electron chi connectivity index (χ2n) is 5.86. The molecule has 2 aromatic carbocycles. The highest BCUT2D eigenvalue weighted by molar-refractivity contribution is 7.09. The second kappa shape index (κ2) is 8.57. The molecule has 0 aliphatic carbocycles. The van der Waals surface area contributed by atoms with Crippen LogP contribution in [-0.4, -0.2) is 16.2 Å². The van der Waals surface area contributed by atoms with Crippen LogP contribution in [0, 0.1) is 11.6 Å². The lowest BCUT2D eigenvalue weighted by molar-refractivity contribution is 0.0946. The number of hydrogen-bond donors (Lipinski definition) is 3. The van der Waals surface area contributed by atoms with Crippen molar-refractivity contribution in [3.63, 3.8) is 0 Å². The van der Waals surface area contributed by atoms with Gasteiger partial charge in [0.2, 0.25) is 0 Å². The van der Waals surface area contributed by atoms with Crippen LogP contribution in [0.2, 0.25) is 0 Å². The van der Waals surface area contributed by atoms with Crippen molar-refractivity contribution in [2.75, 3.05) is 5.73 Å². The van der Waals surface area contributed by atoms with Crippen LogP contribution in [0.1, 0.15) is 31.3 Å². The SMILES string of the molecule is Nc1c(C(=O)NCc2ccccc2)nsc1C(=O)NCc1ccc(F)cc1F. The molecule has 9 heteroatoms. The number of nitrogens with two attached hydrogens (primary N) is 1. The normalized spacial score (nSPS) is 10.5. The van der Waals surface area contributed by atoms with Crippen LogP contribution in [0.15, 0.2) is 48.5 Å². The topological polar surface area (TPSA) is 97.1 Å². The van der Waals surface area contributed by atoms with Gasteiger partial charge in [-0.15, -0.1) is 0 Å². The zero-order valence-electron chi connectivity index (χ0n) is 14.5. The fourth-order valence-corrected chi connectivity index (χ4v) is 3.12. The van der Waals surface area contributed by atoms with Crippen molar-refractivity contribution in [1.29, 1.82) is 0 Å². The molecule has 1 aromatic heterocycles. The molecule has 0 fully saturated rings. The number of carbonyl (C=O) groups is 2. The Bertz CT molecular complexity index is 1010. The minimum absolute atomic E-state index is 0.0426. The van der Waals surface area contributed by atoms with Gasteiger partial charge in [-0.2, -0.15) is 4.37 Å². The maximum Gasteiger partial charge on any atom is 0.273 e. The van der Waals surface area contributed by atoms with Crippen LogP contribution in [-0.2, 0) is 13.1 Å². The minimum atomic E-state index is -0.765. The van der Waals surface area contributed by atoms with Crippen LogP contribution < -0.4 is 16.4 Å². The molecule has 3 aromatic rings. The van der Waals surface area contributed by atoms with Crippen molar-refractivity contribution in [3.05, 3.63) is 81.9 Å². The van der Waals surface area contributed by atoms with Crippen molar-refractivity contribution in [3.8, 4) is 0 Å². The molecule has 0 aliphatic rings. The standard InChI is InChI=1S/C19H16F2N4O2S/c20-13-7-6-12(14(21)8-13)10-24-19(27)17-15(22)16(25-28-17)18(26)23-9-11-4-2-1-3-5-11/h1-8H,9-10,22H2,(H,23,26)(H,24,27). The molecule has 0 bridgehead atoms. The fraction of sp³-hybridized carbons (Fsp3) is 0.105. The van der Waals surface area contributed by atoms with E-state index in [0.29, 0.717) is 6.54 Å². The Labute approximate surface area is 163 Å². The summed E-state index contributed by atoms with van der Waals surface area (Å²) in [5.41, 5.74) is 6.83. The number of amides is 2. The number of benzene rings is 2. The number of nitrogens with one attached hydrogen (secondary N) is 2. The molecule has 4 N–H and O–H groups in total. The number of nitrogen functional groups attached to an aromatic ring is 1. The molecule has 0 unspecified atom stereocenters. The average Bonchev–Trinajstić information content (AvgIpc) is 3.07. The number of carbonyl (C=O) groups excluding carboxylic acids is 2. The Morgan fingerprint density at radius 2 is 1.71 bits per heavy atom. The van der Waals surface area contributed by atoms with Crippen LogP contribution in [0.5, 0.6) is 0 Å². The molecule has 1 heterocycles. The molecule has 0 spiro atoms. The monoisotopic (exact) mass is 402 g/mol. The third-order valence-corrected chi connectivity index (χ3v) is 4.76. The quantitative estimate of drug-likeness (QED) is 0.591. The summed E-state index contributed by atoms with van der Waals surface area (Å²) in [5, 5.41) is 5.17. The van der Waals surface area contributed by atoms with E-state index in [2.05, 4.69) is 15.0 Å². The first-order chi connectivity index (χ1) is 13.5. The van der Waals surface area contributed by atoms with E-state index in [4.69, 9.17) is 5.73 Å². The number of nitrogens with zero attached hydrogens (tertiary/aromatic N) is 1. The van der Waals surface area contributed by atoms with Crippen molar-refractivity contribution >= 4 is 29.0 Å². The van der Waals surface area contributed by atoms with Gasteiger partial charge in [-0.3, -0.25) is 9.59 Å². The summed E-state index contributed by atoms with van der Waals surface area (Å²) in [4.78, 5) is 24.6. The van der Waals surface area contributed by atoms with E-state index < -0.39 is 23.4 Å². The second-order valence-corrected chi connectivity index (χ2v) is 6.63. The van der Waals surface area contributed by atoms with E-state index in [-0.39, 0.29) is 28.4 Å². The Morgan fingerprint density at radius 3 is 2.43 bits per heavy atom. The summed E-state index contributed by atoms with van der Waals surface area (Å²) in [6.07, 6.45) is 0. The Hall–Kier alpha value is -3.33. The zero-order valence-corrected chi connectivity index (χ0v) is 15.4. The Balaban J connectivity index is 1.62. The van der Waals surface area contributed by atoms with Gasteiger partial charge in [0.25, 0.3) is 11.8 Å². The summed E-state index contributed by atoms with van der Waals surface area (Å²) in [7, 11) is 0. The van der Waals surface area contributed by atoms with Crippen molar-refractivity contribution in [2.24, 2.45) is 0 Å². The van der Waals surface area contributed by atoms with Gasteiger partial charge in [0.1, 0.15) is 16.5 Å². The number of aromatic nitrogens is 1. The molecule has 0 atom stereocenters. The lowest BCUT2D eigenvalue weighted by Gasteiger charge is -2.06. The molecule has 6 nitrogen and oxygen atoms in total. The largest absolute Gasteiger partial charge is 0.395 e. The first-order valence-corrected chi connectivity index (χ1v) is 9.02. The molecule has 144 valence electrons. The van der Waals surface area contributed by atoms with E-state index in [1.54, 1.807) is 0 Å². The van der Waals surface area contributed by atoms with Crippen molar-refractivity contribution in [2.45, 2.75) is 13.1 Å². The van der Waals surface area contributed by atoms with E-state index >= 15 is 0 Å². The van der Waals surface area contributed by atoms with E-state index in [0.717, 1.165) is 29.2 Å². The van der Waals surface area contributed by atoms with Gasteiger partial charge in [0.15, 0.2) is 5.69 Å². The van der Waals surface area contributed by atoms with Crippen molar-refractivity contribution < 1.29 is 18.4 Å². The highest BCUT2D eigenvalue weighted by atomic mass is 32.1. The highest BCUT2D eigenvalue weighted by Crippen LogP contribution is 2.22. The minimum Gasteiger partial charge on any atom is -0.395 e. The Morgan fingerprint density at radius 1 is 1.00 bits per heavy atom. The lowest BCUT2D eigenvalue weighted by atomic mass is 10.2. The van der Waals surface area contributed by atoms with Crippen LogP contribution >= 0.6 is 11.5 Å². The molecule has 0 aliphatic heterocycles. The third kappa shape index (κ3) is 4.49. The van der Waals surface area contributed by atoms with Gasteiger partial charge >= 0.3 is 0 Å². The van der Waals surface area contributed by atoms with Gasteiger partial charge in [-0.1, -0.05) is 36.4 Å². The van der Waals surface area contributed by atoms with Crippen LogP contribution in [0.3, 0.4) is 0 Å². The molecule has 28 heavy (non-hydrogen) atoms. The number of anilines is 1. The van der Waals surface area contributed by atoms with Gasteiger partial charge in [0.05, 0.1) is 5.69 Å². The number of hydrogen-bond acceptors (Lipinski definition) is 5. The number of halogens is 2. The van der Waals surface area contributed by atoms with Gasteiger partial charge in [-0.25, -0.2) is 8.78 Å². The molecule has 0 saturated carbocycles. The molecule has 3 rings (SSSR count). The summed E-state index contributed by atoms with van der Waals surface area (Å²) in [5.74, 6) is -2.56. The maximum absolute atomic E-state index is 13.6. The third-order valence-electron chi connectivity index (χ3n) is 3.90. The smallest absolute Gasteiger partial charge is 0.273 e. The van der Waals surface area contributed by atoms with E-state index in [1.807, 2.05) is 30.3 Å². The molecular weight excluding hydrogens is 386 g/mol. The predicted octanol–water partition coefficient (Wildman–Crippen LogP) is 2.86. The fourth-order valence-electron chi connectivity index (χ4n) is 2.41. The lowest BCUT2D eigenvalue weighted by Crippen LogP contribution is -2.25. The molecule has 0 saturated heterocycles.